The van der Waals surface area contributed by atoms with Crippen molar-refractivity contribution in [1.82, 2.24) is 19.7 Å². The fourth-order valence-electron chi connectivity index (χ4n) is 5.30. The number of amides is 2. The van der Waals surface area contributed by atoms with Crippen molar-refractivity contribution in [2.75, 3.05) is 51.8 Å². The van der Waals surface area contributed by atoms with Gasteiger partial charge in [0.25, 0.3) is 11.8 Å². The summed E-state index contributed by atoms with van der Waals surface area (Å²) in [7, 11) is 0.346. The number of rotatable bonds is 6. The van der Waals surface area contributed by atoms with Gasteiger partial charge in [-0.15, -0.1) is 0 Å². The Morgan fingerprint density at radius 1 is 1.11 bits per heavy atom. The summed E-state index contributed by atoms with van der Waals surface area (Å²) in [5, 5.41) is 0. The maximum atomic E-state index is 13.3. The number of likely N-dealkylation sites (tertiary alicyclic amines) is 1. The summed E-state index contributed by atoms with van der Waals surface area (Å²) in [6, 6.07) is 0. The molecule has 1 aromatic rings. The van der Waals surface area contributed by atoms with Crippen LogP contribution in [0.5, 0.6) is 0 Å². The molecule has 2 fully saturated rings. The fourth-order valence-corrected chi connectivity index (χ4v) is 6.65. The van der Waals surface area contributed by atoms with Crippen molar-refractivity contribution in [2.45, 2.75) is 33.6 Å². The van der Waals surface area contributed by atoms with E-state index in [4.69, 9.17) is 0 Å². The third-order valence-corrected chi connectivity index (χ3v) is 9.04. The molecule has 0 unspecified atom stereocenters. The van der Waals surface area contributed by atoms with Gasteiger partial charge in [0.15, 0.2) is 9.84 Å². The molecule has 9 heteroatoms. The van der Waals surface area contributed by atoms with Crippen LogP contribution < -0.4 is 0 Å². The minimum Gasteiger partial charge on any atom is -0.358 e. The van der Waals surface area contributed by atoms with Gasteiger partial charge in [0, 0.05) is 55.9 Å². The van der Waals surface area contributed by atoms with Gasteiger partial charge in [0.05, 0.1) is 22.6 Å². The highest BCUT2D eigenvalue weighted by Crippen LogP contribution is 2.35. The second-order valence-electron chi connectivity index (χ2n) is 10.3. The summed E-state index contributed by atoms with van der Waals surface area (Å²) in [6.45, 7) is 8.62. The third kappa shape index (κ3) is 5.78. The van der Waals surface area contributed by atoms with Crippen LogP contribution in [0.2, 0.25) is 0 Å². The van der Waals surface area contributed by atoms with E-state index >= 15 is 0 Å². The van der Waals surface area contributed by atoms with Crippen LogP contribution in [0.1, 0.15) is 47.1 Å². The van der Waals surface area contributed by atoms with E-state index in [1.54, 1.807) is 24.1 Å². The molecule has 0 saturated carbocycles. The summed E-state index contributed by atoms with van der Waals surface area (Å²) in [5.74, 6) is -0.358. The smallest absolute Gasteiger partial charge is 0.258 e. The molecule has 4 rings (SSSR count). The van der Waals surface area contributed by atoms with Crippen LogP contribution in [0.4, 0.5) is 0 Å². The minimum atomic E-state index is -3.39. The van der Waals surface area contributed by atoms with Crippen molar-refractivity contribution < 1.29 is 18.0 Å². The lowest BCUT2D eigenvalue weighted by molar-refractivity contribution is -0.122. The van der Waals surface area contributed by atoms with Crippen LogP contribution in [-0.4, -0.2) is 91.7 Å². The van der Waals surface area contributed by atoms with Crippen LogP contribution >= 0.6 is 0 Å². The zero-order valence-electron chi connectivity index (χ0n) is 23.0. The first-order valence-electron chi connectivity index (χ1n) is 13.1. The van der Waals surface area contributed by atoms with Crippen LogP contribution in [0, 0.1) is 13.8 Å². The summed E-state index contributed by atoms with van der Waals surface area (Å²) < 4.78 is 25.9. The van der Waals surface area contributed by atoms with Gasteiger partial charge in [0.2, 0.25) is 0 Å². The summed E-state index contributed by atoms with van der Waals surface area (Å²) >= 11 is 0. The van der Waals surface area contributed by atoms with Crippen molar-refractivity contribution in [2.24, 2.45) is 0 Å². The lowest BCUT2D eigenvalue weighted by Crippen LogP contribution is -2.47. The first-order valence-corrected chi connectivity index (χ1v) is 14.9. The topological polar surface area (TPSA) is 93.8 Å². The molecule has 0 atom stereocenters. The van der Waals surface area contributed by atoms with Gasteiger partial charge < -0.3 is 19.7 Å². The third-order valence-electron chi connectivity index (χ3n) is 7.55. The molecule has 3 aliphatic rings. The number of piperazine rings is 1. The van der Waals surface area contributed by atoms with Gasteiger partial charge in [-0.2, -0.15) is 0 Å². The molecular formula is C29H38N4O4S. The molecule has 204 valence electrons. The molecule has 2 saturated heterocycles. The molecule has 38 heavy (non-hydrogen) atoms. The molecule has 3 heterocycles. The van der Waals surface area contributed by atoms with Crippen LogP contribution in [-0.2, 0) is 14.6 Å². The van der Waals surface area contributed by atoms with Gasteiger partial charge in [-0.05, 0) is 52.3 Å². The maximum Gasteiger partial charge on any atom is 0.258 e. The van der Waals surface area contributed by atoms with Crippen molar-refractivity contribution in [1.29, 1.82) is 0 Å². The highest BCUT2D eigenvalue weighted by Gasteiger charge is 2.33. The van der Waals surface area contributed by atoms with Gasteiger partial charge in [-0.1, -0.05) is 36.0 Å². The van der Waals surface area contributed by atoms with Gasteiger partial charge >= 0.3 is 0 Å². The molecule has 1 aromatic heterocycles. The Bertz CT molecular complexity index is 1380. The second kappa shape index (κ2) is 11.3. The molecule has 0 aromatic carbocycles. The number of aryl methyl sites for hydroxylation is 1. The standard InChI is InChI=1S/C29H38N4O4S/c1-6-26-23(12-17-38(36,37)19-22-10-8-7-9-11-22)24(28(34)32(26)5)18-25-20(2)27(21(3)30-25)29(35)33-15-13-31(4)14-16-33/h6-8,10,12,18,30H,9,11,13-17,19H2,1-5H3/b23-12-,24-18-,26-6+. The fraction of sp³-hybridized carbons (Fsp3) is 0.448. The number of carbonyl (C=O) groups excluding carboxylic acids is 2. The number of H-pyrrole nitrogens is 1. The molecule has 1 aliphatic carbocycles. The number of hydrogen-bond donors (Lipinski definition) is 1. The van der Waals surface area contributed by atoms with E-state index in [-0.39, 0.29) is 23.3 Å². The van der Waals surface area contributed by atoms with Gasteiger partial charge in [-0.3, -0.25) is 9.59 Å². The van der Waals surface area contributed by atoms with Crippen molar-refractivity contribution >= 4 is 27.7 Å². The van der Waals surface area contributed by atoms with Gasteiger partial charge in [0.1, 0.15) is 0 Å². The highest BCUT2D eigenvalue weighted by molar-refractivity contribution is 7.91. The average molecular weight is 539 g/mol. The van der Waals surface area contributed by atoms with Crippen molar-refractivity contribution in [3.8, 4) is 0 Å². The molecule has 0 bridgehead atoms. The van der Waals surface area contributed by atoms with E-state index in [9.17, 15) is 18.0 Å². The largest absolute Gasteiger partial charge is 0.358 e. The zero-order valence-corrected chi connectivity index (χ0v) is 23.8. The van der Waals surface area contributed by atoms with Crippen molar-refractivity contribution in [3.05, 3.63) is 75.3 Å². The van der Waals surface area contributed by atoms with E-state index in [1.807, 2.05) is 50.0 Å². The summed E-state index contributed by atoms with van der Waals surface area (Å²) in [4.78, 5) is 35.5. The molecule has 0 radical (unpaired) electrons. The molecule has 0 spiro atoms. The van der Waals surface area contributed by atoms with Crippen LogP contribution in [0.15, 0.2) is 52.8 Å². The molecule has 2 amide bonds. The number of hydrogen-bond acceptors (Lipinski definition) is 5. The zero-order chi connectivity index (χ0) is 27.6. The van der Waals surface area contributed by atoms with Crippen LogP contribution in [0.3, 0.4) is 0 Å². The number of sulfone groups is 1. The monoisotopic (exact) mass is 538 g/mol. The first-order chi connectivity index (χ1) is 18.0. The number of aromatic nitrogens is 1. The molecule has 8 nitrogen and oxygen atoms in total. The Hall–Kier alpha value is -3.17. The Kier molecular flexibility index (Phi) is 8.28. The molecule has 2 aliphatic heterocycles. The van der Waals surface area contributed by atoms with Crippen molar-refractivity contribution in [3.63, 3.8) is 0 Å². The van der Waals surface area contributed by atoms with E-state index in [0.29, 0.717) is 41.2 Å². The number of carbonyl (C=O) groups is 2. The molecule has 1 N–H and O–H groups in total. The van der Waals surface area contributed by atoms with E-state index in [1.165, 1.54) is 0 Å². The predicted molar refractivity (Wildman–Crippen MR) is 151 cm³/mol. The summed E-state index contributed by atoms with van der Waals surface area (Å²) in [6.07, 6.45) is 12.6. The molecular weight excluding hydrogens is 500 g/mol. The second-order valence-corrected chi connectivity index (χ2v) is 12.4. The first kappa shape index (κ1) is 27.9. The van der Waals surface area contributed by atoms with Crippen LogP contribution in [0.25, 0.3) is 6.08 Å². The number of aromatic amines is 1. The Morgan fingerprint density at radius 3 is 2.45 bits per heavy atom. The predicted octanol–water partition coefficient (Wildman–Crippen LogP) is 3.40. The quantitative estimate of drug-likeness (QED) is 0.561. The normalized spacial score (nSPS) is 22.3. The average Bonchev–Trinajstić information content (AvgIpc) is 3.29. The van der Waals surface area contributed by atoms with Gasteiger partial charge in [-0.25, -0.2) is 8.42 Å². The van der Waals surface area contributed by atoms with E-state index in [0.717, 1.165) is 42.8 Å². The number of nitrogens with zero attached hydrogens (tertiary/aromatic N) is 3. The maximum absolute atomic E-state index is 13.3. The van der Waals surface area contributed by atoms with E-state index < -0.39 is 9.84 Å². The summed E-state index contributed by atoms with van der Waals surface area (Å²) in [5.41, 5.74) is 5.45. The SMILES string of the molecule is C\C=C1C(=C\CS(=O)(=O)CC2=CC=CCC2)/C(=C/c2[nH]c(C)c(C(=O)N3CCN(C)CC3)c2C)C(=O)N/1C. The van der Waals surface area contributed by atoms with E-state index in [2.05, 4.69) is 16.9 Å². The minimum absolute atomic E-state index is 0.00766. The number of likely N-dealkylation sites (N-methyl/N-ethyl adjacent to an activating group) is 2. The Balaban J connectivity index is 1.65. The lowest BCUT2D eigenvalue weighted by atomic mass is 10.0. The highest BCUT2D eigenvalue weighted by atomic mass is 32.2. The number of nitrogens with one attached hydrogen (secondary N) is 1. The lowest BCUT2D eigenvalue weighted by Gasteiger charge is -2.32. The Morgan fingerprint density at radius 2 is 1.82 bits per heavy atom. The Labute approximate surface area is 226 Å². The number of allylic oxidation sites excluding steroid dienone is 5.